The highest BCUT2D eigenvalue weighted by Gasteiger charge is 2.20. The van der Waals surface area contributed by atoms with Gasteiger partial charge in [-0.1, -0.05) is 6.07 Å². The standard InChI is InChI=1S/C21H21N7OS/c22-17(29)14-7-3-9-28-16(14)12-25-21(28)20-26-18-15(6-1-2-8-23-18)19(27-20)24-11-13-5-4-10-30-13/h3-5,7,9-10,12H,1-2,6,8,11H2,(H2,22,29)(H2,23,24,26,27). The molecule has 1 amide bonds. The maximum atomic E-state index is 11.8. The number of carbonyl (C=O) groups excluding carboxylic acids is 1. The number of primary amides is 1. The number of pyridine rings is 1. The smallest absolute Gasteiger partial charge is 0.250 e. The number of rotatable bonds is 5. The van der Waals surface area contributed by atoms with Crippen LogP contribution in [0, 0.1) is 0 Å². The summed E-state index contributed by atoms with van der Waals surface area (Å²) in [6.45, 7) is 1.58. The van der Waals surface area contributed by atoms with Crippen molar-refractivity contribution in [3.8, 4) is 11.6 Å². The normalized spacial score (nSPS) is 13.5. The maximum Gasteiger partial charge on any atom is 0.250 e. The van der Waals surface area contributed by atoms with Crippen molar-refractivity contribution in [1.82, 2.24) is 19.4 Å². The molecular formula is C21H21N7OS. The Labute approximate surface area is 177 Å². The Balaban J connectivity index is 1.61. The summed E-state index contributed by atoms with van der Waals surface area (Å²) in [5, 5.41) is 9.00. The Kier molecular flexibility index (Phi) is 4.80. The average Bonchev–Trinajstić information content (AvgIpc) is 3.36. The minimum Gasteiger partial charge on any atom is -0.370 e. The van der Waals surface area contributed by atoms with Gasteiger partial charge in [-0.15, -0.1) is 11.3 Å². The zero-order valence-electron chi connectivity index (χ0n) is 16.3. The number of aromatic nitrogens is 4. The number of nitrogens with zero attached hydrogens (tertiary/aromatic N) is 4. The van der Waals surface area contributed by atoms with Crippen molar-refractivity contribution in [3.05, 3.63) is 58.0 Å². The lowest BCUT2D eigenvalue weighted by Gasteiger charge is -2.15. The number of hydrogen-bond acceptors (Lipinski definition) is 7. The van der Waals surface area contributed by atoms with Crippen LogP contribution in [0.3, 0.4) is 0 Å². The van der Waals surface area contributed by atoms with E-state index < -0.39 is 5.91 Å². The fourth-order valence-electron chi connectivity index (χ4n) is 3.73. The Hall–Kier alpha value is -3.46. The summed E-state index contributed by atoms with van der Waals surface area (Å²) < 4.78 is 1.81. The third kappa shape index (κ3) is 3.37. The van der Waals surface area contributed by atoms with Crippen LogP contribution >= 0.6 is 11.3 Å². The summed E-state index contributed by atoms with van der Waals surface area (Å²) in [5.41, 5.74) is 7.67. The lowest BCUT2D eigenvalue weighted by Crippen LogP contribution is -2.12. The Bertz CT molecular complexity index is 1220. The van der Waals surface area contributed by atoms with Crippen molar-refractivity contribution < 1.29 is 4.79 Å². The summed E-state index contributed by atoms with van der Waals surface area (Å²) in [7, 11) is 0. The van der Waals surface area contributed by atoms with Gasteiger partial charge in [0.1, 0.15) is 11.6 Å². The zero-order chi connectivity index (χ0) is 20.5. The van der Waals surface area contributed by atoms with Crippen LogP contribution < -0.4 is 16.4 Å². The minimum atomic E-state index is -0.491. The topological polar surface area (TPSA) is 110 Å². The monoisotopic (exact) mass is 419 g/mol. The molecule has 152 valence electrons. The molecule has 5 heterocycles. The number of anilines is 2. The Morgan fingerprint density at radius 2 is 2.20 bits per heavy atom. The van der Waals surface area contributed by atoms with E-state index in [1.165, 1.54) is 4.88 Å². The highest BCUT2D eigenvalue weighted by molar-refractivity contribution is 7.09. The van der Waals surface area contributed by atoms with Gasteiger partial charge in [0, 0.05) is 23.2 Å². The van der Waals surface area contributed by atoms with E-state index in [4.69, 9.17) is 15.7 Å². The van der Waals surface area contributed by atoms with Crippen LogP contribution in [0.5, 0.6) is 0 Å². The van der Waals surface area contributed by atoms with E-state index in [2.05, 4.69) is 27.1 Å². The van der Waals surface area contributed by atoms with Crippen molar-refractivity contribution in [2.45, 2.75) is 25.8 Å². The first-order valence-electron chi connectivity index (χ1n) is 9.88. The van der Waals surface area contributed by atoms with E-state index in [0.29, 0.717) is 29.3 Å². The van der Waals surface area contributed by atoms with Crippen LogP contribution in [-0.4, -0.2) is 31.8 Å². The van der Waals surface area contributed by atoms with Crippen LogP contribution in [0.1, 0.15) is 33.6 Å². The number of amides is 1. The molecule has 0 bridgehead atoms. The summed E-state index contributed by atoms with van der Waals surface area (Å²) in [6.07, 6.45) is 6.57. The van der Waals surface area contributed by atoms with Crippen LogP contribution in [0.4, 0.5) is 11.6 Å². The molecule has 0 spiro atoms. The van der Waals surface area contributed by atoms with Gasteiger partial charge in [0.2, 0.25) is 0 Å². The molecule has 0 radical (unpaired) electrons. The van der Waals surface area contributed by atoms with E-state index in [9.17, 15) is 4.79 Å². The van der Waals surface area contributed by atoms with Gasteiger partial charge in [0.15, 0.2) is 11.6 Å². The van der Waals surface area contributed by atoms with Crippen molar-refractivity contribution in [1.29, 1.82) is 0 Å². The fourth-order valence-corrected chi connectivity index (χ4v) is 4.37. The molecule has 0 aliphatic carbocycles. The van der Waals surface area contributed by atoms with E-state index in [1.54, 1.807) is 29.7 Å². The van der Waals surface area contributed by atoms with E-state index >= 15 is 0 Å². The summed E-state index contributed by atoms with van der Waals surface area (Å²) in [4.78, 5) is 27.1. The molecule has 4 N–H and O–H groups in total. The van der Waals surface area contributed by atoms with Crippen LogP contribution in [-0.2, 0) is 13.0 Å². The van der Waals surface area contributed by atoms with Gasteiger partial charge in [0.25, 0.3) is 5.91 Å². The van der Waals surface area contributed by atoms with Gasteiger partial charge in [-0.3, -0.25) is 9.20 Å². The molecule has 5 rings (SSSR count). The number of nitrogens with one attached hydrogen (secondary N) is 2. The summed E-state index contributed by atoms with van der Waals surface area (Å²) in [5.74, 6) is 2.24. The van der Waals surface area contributed by atoms with Gasteiger partial charge < -0.3 is 16.4 Å². The second-order valence-corrected chi connectivity index (χ2v) is 8.20. The van der Waals surface area contributed by atoms with Gasteiger partial charge in [0.05, 0.1) is 23.8 Å². The Morgan fingerprint density at radius 3 is 3.03 bits per heavy atom. The molecule has 1 aliphatic heterocycles. The lowest BCUT2D eigenvalue weighted by atomic mass is 10.1. The van der Waals surface area contributed by atoms with Crippen molar-refractivity contribution in [3.63, 3.8) is 0 Å². The molecule has 4 aromatic heterocycles. The van der Waals surface area contributed by atoms with Gasteiger partial charge in [-0.05, 0) is 42.8 Å². The van der Waals surface area contributed by atoms with Gasteiger partial charge >= 0.3 is 0 Å². The minimum absolute atomic E-state index is 0.417. The second kappa shape index (κ2) is 7.75. The van der Waals surface area contributed by atoms with E-state index in [1.807, 2.05) is 16.7 Å². The third-order valence-corrected chi connectivity index (χ3v) is 6.08. The summed E-state index contributed by atoms with van der Waals surface area (Å²) >= 11 is 1.71. The number of thiophene rings is 1. The molecule has 8 nitrogen and oxygen atoms in total. The highest BCUT2D eigenvalue weighted by atomic mass is 32.1. The molecule has 9 heteroatoms. The third-order valence-electron chi connectivity index (χ3n) is 5.20. The lowest BCUT2D eigenvalue weighted by molar-refractivity contribution is 0.100. The number of hydrogen-bond donors (Lipinski definition) is 3. The predicted molar refractivity (Wildman–Crippen MR) is 118 cm³/mol. The molecule has 4 aromatic rings. The quantitative estimate of drug-likeness (QED) is 0.458. The summed E-state index contributed by atoms with van der Waals surface area (Å²) in [6, 6.07) is 7.61. The fraction of sp³-hybridized carbons (Fsp3) is 0.238. The van der Waals surface area contributed by atoms with Crippen LogP contribution in [0.15, 0.2) is 42.0 Å². The van der Waals surface area contributed by atoms with Gasteiger partial charge in [-0.2, -0.15) is 0 Å². The first-order chi connectivity index (χ1) is 14.7. The average molecular weight is 420 g/mol. The number of fused-ring (bicyclic) bond motifs is 2. The zero-order valence-corrected chi connectivity index (χ0v) is 17.1. The van der Waals surface area contributed by atoms with Crippen molar-refractivity contribution >= 4 is 34.4 Å². The van der Waals surface area contributed by atoms with Crippen molar-refractivity contribution in [2.75, 3.05) is 17.2 Å². The SMILES string of the molecule is NC(=O)c1cccn2c(-c3nc4c(c(NCc5cccs5)n3)CCCCN4)ncc12. The number of nitrogens with two attached hydrogens (primary N) is 1. The molecule has 1 aliphatic rings. The first kappa shape index (κ1) is 18.6. The highest BCUT2D eigenvalue weighted by Crippen LogP contribution is 2.30. The van der Waals surface area contributed by atoms with Crippen molar-refractivity contribution in [2.24, 2.45) is 5.73 Å². The van der Waals surface area contributed by atoms with E-state index in [0.717, 1.165) is 43.0 Å². The van der Waals surface area contributed by atoms with E-state index in [-0.39, 0.29) is 0 Å². The molecule has 0 fully saturated rings. The molecule has 0 saturated heterocycles. The number of carbonyl (C=O) groups is 1. The predicted octanol–water partition coefficient (Wildman–Crippen LogP) is 3.31. The van der Waals surface area contributed by atoms with Gasteiger partial charge in [-0.25, -0.2) is 15.0 Å². The molecular weight excluding hydrogens is 398 g/mol. The molecule has 0 unspecified atom stereocenters. The molecule has 0 aromatic carbocycles. The maximum absolute atomic E-state index is 11.8. The second-order valence-electron chi connectivity index (χ2n) is 7.16. The number of imidazole rings is 1. The largest absolute Gasteiger partial charge is 0.370 e. The molecule has 30 heavy (non-hydrogen) atoms. The van der Waals surface area contributed by atoms with Crippen LogP contribution in [0.25, 0.3) is 17.2 Å². The molecule has 0 saturated carbocycles. The molecule has 0 atom stereocenters. The Morgan fingerprint density at radius 1 is 1.27 bits per heavy atom. The van der Waals surface area contributed by atoms with Crippen LogP contribution in [0.2, 0.25) is 0 Å². The first-order valence-corrected chi connectivity index (χ1v) is 10.8.